The molecule has 0 aromatic rings. The van der Waals surface area contributed by atoms with Gasteiger partial charge in [0.25, 0.3) is 5.97 Å². The van der Waals surface area contributed by atoms with E-state index < -0.39 is 5.97 Å². The van der Waals surface area contributed by atoms with Gasteiger partial charge >= 0.3 is 0 Å². The van der Waals surface area contributed by atoms with Gasteiger partial charge in [-0.3, -0.25) is 9.59 Å². The molecule has 0 aliphatic carbocycles. The number of nitrogens with one attached hydrogen (secondary N) is 1. The van der Waals surface area contributed by atoms with Gasteiger partial charge in [0.2, 0.25) is 5.91 Å². The van der Waals surface area contributed by atoms with E-state index in [1.807, 2.05) is 0 Å². The minimum absolute atomic E-state index is 0.102. The summed E-state index contributed by atoms with van der Waals surface area (Å²) in [6.45, 7) is 4.32. The molecule has 0 aliphatic rings. The van der Waals surface area contributed by atoms with E-state index in [-0.39, 0.29) is 19.1 Å². The maximum atomic E-state index is 11.6. The van der Waals surface area contributed by atoms with Crippen LogP contribution in [-0.2, 0) is 19.4 Å². The molecule has 0 aliphatic heterocycles. The number of carboxylic acids is 1. The van der Waals surface area contributed by atoms with Gasteiger partial charge in [-0.1, -0.05) is 96.8 Å². The van der Waals surface area contributed by atoms with E-state index in [0.717, 1.165) is 19.8 Å². The molecule has 0 fully saturated rings. The highest BCUT2D eigenvalue weighted by Crippen LogP contribution is 2.13. The van der Waals surface area contributed by atoms with E-state index in [1.54, 1.807) is 0 Å². The van der Waals surface area contributed by atoms with Crippen molar-refractivity contribution < 1.29 is 24.5 Å². The van der Waals surface area contributed by atoms with Gasteiger partial charge in [-0.05, 0) is 6.42 Å². The molecular formula is C24H48NO5. The quantitative estimate of drug-likeness (QED) is 0.222. The Bertz CT molecular complexity index is 360. The summed E-state index contributed by atoms with van der Waals surface area (Å²) in [5.74, 6) is -0.731. The van der Waals surface area contributed by atoms with Gasteiger partial charge < -0.3 is 15.2 Å². The fourth-order valence-corrected chi connectivity index (χ4v) is 3.17. The summed E-state index contributed by atoms with van der Waals surface area (Å²) in [4.78, 5) is 20.6. The van der Waals surface area contributed by atoms with E-state index in [4.69, 9.17) is 14.6 Å². The van der Waals surface area contributed by atoms with Gasteiger partial charge in [0.05, 0.1) is 13.2 Å². The maximum Gasteiger partial charge on any atom is 0.300 e. The standard InChI is InChI=1S/C22H44NO3.C2H4O2/c1-2-3-4-5-6-7-8-9-10-11-12-13-14-15-16-17-22(25)23-18-20-26-21-19-24;1-2(3)4/h2-21H2,1H3,(H,23,25);1H3,(H,3,4). The largest absolute Gasteiger partial charge is 0.481 e. The van der Waals surface area contributed by atoms with Crippen molar-refractivity contribution in [2.45, 2.75) is 117 Å². The van der Waals surface area contributed by atoms with Crippen molar-refractivity contribution in [2.24, 2.45) is 0 Å². The lowest BCUT2D eigenvalue weighted by Gasteiger charge is -2.06. The summed E-state index contributed by atoms with van der Waals surface area (Å²) in [7, 11) is 0. The summed E-state index contributed by atoms with van der Waals surface area (Å²) in [5.41, 5.74) is 0. The first-order valence-corrected chi connectivity index (χ1v) is 12.2. The first-order chi connectivity index (χ1) is 14.5. The van der Waals surface area contributed by atoms with Gasteiger partial charge in [0.1, 0.15) is 6.61 Å². The minimum atomic E-state index is -0.833. The first kappa shape index (κ1) is 31.0. The minimum Gasteiger partial charge on any atom is -0.481 e. The van der Waals surface area contributed by atoms with Crippen molar-refractivity contribution in [3.8, 4) is 0 Å². The number of carbonyl (C=O) groups is 2. The highest BCUT2D eigenvalue weighted by Gasteiger charge is 2.00. The lowest BCUT2D eigenvalue weighted by molar-refractivity contribution is -0.134. The third kappa shape index (κ3) is 34.4. The predicted molar refractivity (Wildman–Crippen MR) is 122 cm³/mol. The highest BCUT2D eigenvalue weighted by molar-refractivity contribution is 5.75. The topological polar surface area (TPSA) is 95.5 Å². The molecule has 6 nitrogen and oxygen atoms in total. The summed E-state index contributed by atoms with van der Waals surface area (Å²) in [6.07, 6.45) is 20.7. The van der Waals surface area contributed by atoms with Crippen LogP contribution in [-0.4, -0.2) is 43.3 Å². The average molecular weight is 431 g/mol. The van der Waals surface area contributed by atoms with Crippen molar-refractivity contribution >= 4 is 11.9 Å². The molecule has 1 amide bonds. The van der Waals surface area contributed by atoms with Crippen molar-refractivity contribution in [3.63, 3.8) is 0 Å². The molecule has 0 aromatic heterocycles. The number of aliphatic carboxylic acids is 1. The molecule has 6 heteroatoms. The van der Waals surface area contributed by atoms with Crippen molar-refractivity contribution in [2.75, 3.05) is 26.4 Å². The third-order valence-corrected chi connectivity index (χ3v) is 4.80. The molecule has 0 bridgehead atoms. The third-order valence-electron chi connectivity index (χ3n) is 4.80. The monoisotopic (exact) mass is 430 g/mol. The Hall–Kier alpha value is -1.14. The number of hydrogen-bond donors (Lipinski definition) is 2. The predicted octanol–water partition coefficient (Wildman–Crippen LogP) is 5.90. The number of ether oxygens (including phenoxy) is 1. The zero-order chi connectivity index (χ0) is 22.7. The zero-order valence-electron chi connectivity index (χ0n) is 19.7. The molecule has 0 saturated heterocycles. The van der Waals surface area contributed by atoms with Crippen LogP contribution in [0.2, 0.25) is 0 Å². The zero-order valence-corrected chi connectivity index (χ0v) is 19.7. The van der Waals surface area contributed by atoms with Crippen LogP contribution in [0.25, 0.3) is 0 Å². The Morgan fingerprint density at radius 2 is 1.13 bits per heavy atom. The summed E-state index contributed by atoms with van der Waals surface area (Å²) < 4.78 is 5.04. The van der Waals surface area contributed by atoms with Gasteiger partial charge in [0, 0.05) is 19.9 Å². The summed E-state index contributed by atoms with van der Waals surface area (Å²) >= 11 is 0. The Morgan fingerprint density at radius 3 is 1.53 bits per heavy atom. The van der Waals surface area contributed by atoms with E-state index in [1.165, 1.54) is 83.5 Å². The number of unbranched alkanes of at least 4 members (excludes halogenated alkanes) is 14. The second-order valence-corrected chi connectivity index (χ2v) is 7.89. The van der Waals surface area contributed by atoms with E-state index in [0.29, 0.717) is 19.6 Å². The smallest absolute Gasteiger partial charge is 0.300 e. The molecule has 1 radical (unpaired) electrons. The maximum absolute atomic E-state index is 11.6. The fourth-order valence-electron chi connectivity index (χ4n) is 3.17. The van der Waals surface area contributed by atoms with Crippen LogP contribution in [0.3, 0.4) is 0 Å². The van der Waals surface area contributed by atoms with Crippen LogP contribution in [0.5, 0.6) is 0 Å². The average Bonchev–Trinajstić information content (AvgIpc) is 2.70. The molecule has 2 N–H and O–H groups in total. The molecular weight excluding hydrogens is 382 g/mol. The Kier molecular flexibility index (Phi) is 28.8. The summed E-state index contributed by atoms with van der Waals surface area (Å²) in [5, 5.41) is 20.4. The van der Waals surface area contributed by atoms with Gasteiger partial charge in [-0.25, -0.2) is 5.11 Å². The fraction of sp³-hybridized carbons (Fsp3) is 0.917. The number of amides is 1. The lowest BCUT2D eigenvalue weighted by Crippen LogP contribution is -2.27. The molecule has 30 heavy (non-hydrogen) atoms. The molecule has 0 unspecified atom stereocenters. The molecule has 0 rings (SSSR count). The molecule has 0 heterocycles. The lowest BCUT2D eigenvalue weighted by atomic mass is 10.0. The van der Waals surface area contributed by atoms with Crippen LogP contribution < -0.4 is 5.32 Å². The van der Waals surface area contributed by atoms with Crippen molar-refractivity contribution in [3.05, 3.63) is 0 Å². The normalized spacial score (nSPS) is 10.4. The Balaban J connectivity index is 0. The van der Waals surface area contributed by atoms with Gasteiger partial charge in [0.15, 0.2) is 0 Å². The number of rotatable bonds is 21. The number of carboxylic acid groups (broad SMARTS) is 1. The Morgan fingerprint density at radius 1 is 0.733 bits per heavy atom. The number of carbonyl (C=O) groups excluding carboxylic acids is 1. The van der Waals surface area contributed by atoms with Gasteiger partial charge in [-0.2, -0.15) is 0 Å². The van der Waals surface area contributed by atoms with E-state index in [9.17, 15) is 9.90 Å². The molecule has 0 spiro atoms. The molecule has 0 aromatic carbocycles. The van der Waals surface area contributed by atoms with Crippen LogP contribution in [0, 0.1) is 0 Å². The van der Waals surface area contributed by atoms with Crippen LogP contribution in [0.15, 0.2) is 0 Å². The number of hydrogen-bond acceptors (Lipinski definition) is 3. The van der Waals surface area contributed by atoms with E-state index >= 15 is 0 Å². The van der Waals surface area contributed by atoms with Crippen molar-refractivity contribution in [1.82, 2.24) is 5.32 Å². The molecule has 179 valence electrons. The van der Waals surface area contributed by atoms with Crippen LogP contribution in [0.1, 0.15) is 117 Å². The van der Waals surface area contributed by atoms with Crippen LogP contribution >= 0.6 is 0 Å². The second-order valence-electron chi connectivity index (χ2n) is 7.89. The Labute approximate surface area is 185 Å². The highest BCUT2D eigenvalue weighted by atomic mass is 16.5. The van der Waals surface area contributed by atoms with Gasteiger partial charge in [-0.15, -0.1) is 0 Å². The summed E-state index contributed by atoms with van der Waals surface area (Å²) in [6, 6.07) is 0. The van der Waals surface area contributed by atoms with E-state index in [2.05, 4.69) is 12.2 Å². The van der Waals surface area contributed by atoms with Crippen LogP contribution in [0.4, 0.5) is 0 Å². The first-order valence-electron chi connectivity index (χ1n) is 12.2. The SMILES string of the molecule is CC(=O)O.CCCCCCCCCCCCCCCCCC(=O)NCCOCC[O]. The van der Waals surface area contributed by atoms with Crippen molar-refractivity contribution in [1.29, 1.82) is 0 Å². The molecule has 0 saturated carbocycles. The molecule has 0 atom stereocenters. The second kappa shape index (κ2) is 27.9.